The average Bonchev–Trinajstić information content (AvgIpc) is 2.45. The van der Waals surface area contributed by atoms with Gasteiger partial charge in [0.05, 0.1) is 5.56 Å². The molecular formula is C16H19F3O3. The third-order valence-electron chi connectivity index (χ3n) is 3.39. The Morgan fingerprint density at radius 2 is 1.68 bits per heavy atom. The normalized spacial score (nSPS) is 11.5. The first-order valence-electron chi connectivity index (χ1n) is 7.25. The van der Waals surface area contributed by atoms with Crippen LogP contribution in [0.4, 0.5) is 13.2 Å². The summed E-state index contributed by atoms with van der Waals surface area (Å²) in [7, 11) is 0. The van der Waals surface area contributed by atoms with Gasteiger partial charge < -0.3 is 5.11 Å². The second kappa shape index (κ2) is 7.96. The summed E-state index contributed by atoms with van der Waals surface area (Å²) in [6.07, 6.45) is 0.459. The summed E-state index contributed by atoms with van der Waals surface area (Å²) >= 11 is 0. The zero-order chi connectivity index (χ0) is 16.8. The van der Waals surface area contributed by atoms with Crippen LogP contribution in [0.25, 0.3) is 0 Å². The molecule has 0 aliphatic heterocycles. The Bertz CT molecular complexity index is 536. The maximum atomic E-state index is 12.6. The Morgan fingerprint density at radius 3 is 2.23 bits per heavy atom. The van der Waals surface area contributed by atoms with Crippen LogP contribution in [0.2, 0.25) is 0 Å². The van der Waals surface area contributed by atoms with E-state index in [4.69, 9.17) is 5.11 Å². The predicted octanol–water partition coefficient (Wildman–Crippen LogP) is 4.64. The van der Waals surface area contributed by atoms with Crippen LogP contribution in [-0.4, -0.2) is 23.0 Å². The van der Waals surface area contributed by atoms with Crippen molar-refractivity contribution < 1.29 is 27.9 Å². The van der Waals surface area contributed by atoms with E-state index < -0.39 is 29.1 Å². The minimum absolute atomic E-state index is 0.530. The topological polar surface area (TPSA) is 54.4 Å². The number of benzene rings is 1. The van der Waals surface area contributed by atoms with Gasteiger partial charge in [0.1, 0.15) is 0 Å². The molecule has 0 aliphatic carbocycles. The number of halogens is 3. The number of carboxylic acid groups (broad SMARTS) is 1. The van der Waals surface area contributed by atoms with Crippen LogP contribution in [0.5, 0.6) is 0 Å². The summed E-state index contributed by atoms with van der Waals surface area (Å²) in [5.41, 5.74) is -0.850. The van der Waals surface area contributed by atoms with E-state index in [2.05, 4.69) is 6.92 Å². The van der Waals surface area contributed by atoms with Crippen molar-refractivity contribution in [2.45, 2.75) is 51.6 Å². The fourth-order valence-electron chi connectivity index (χ4n) is 2.21. The molecule has 22 heavy (non-hydrogen) atoms. The molecule has 0 atom stereocenters. The van der Waals surface area contributed by atoms with E-state index in [0.29, 0.717) is 12.0 Å². The third-order valence-corrected chi connectivity index (χ3v) is 3.39. The van der Waals surface area contributed by atoms with Gasteiger partial charge in [0.25, 0.3) is 5.78 Å². The van der Waals surface area contributed by atoms with Crippen molar-refractivity contribution in [3.8, 4) is 0 Å². The lowest BCUT2D eigenvalue weighted by Gasteiger charge is -2.10. The minimum atomic E-state index is -5.08. The van der Waals surface area contributed by atoms with Gasteiger partial charge in [-0.2, -0.15) is 13.2 Å². The second-order valence-electron chi connectivity index (χ2n) is 5.18. The summed E-state index contributed by atoms with van der Waals surface area (Å²) in [6.45, 7) is 2.08. The van der Waals surface area contributed by atoms with Gasteiger partial charge in [-0.1, -0.05) is 38.7 Å². The Balaban J connectivity index is 2.90. The van der Waals surface area contributed by atoms with E-state index in [1.54, 1.807) is 0 Å². The molecule has 0 heterocycles. The number of carboxylic acids is 1. The molecule has 0 radical (unpaired) electrons. The van der Waals surface area contributed by atoms with Crippen molar-refractivity contribution in [2.75, 3.05) is 0 Å². The van der Waals surface area contributed by atoms with Crippen LogP contribution in [-0.2, 0) is 6.42 Å². The van der Waals surface area contributed by atoms with Crippen LogP contribution < -0.4 is 0 Å². The molecule has 0 fully saturated rings. The molecule has 0 saturated carbocycles. The first kappa shape index (κ1) is 18.2. The number of carbonyl (C=O) groups is 2. The Labute approximate surface area is 127 Å². The smallest absolute Gasteiger partial charge is 0.454 e. The molecule has 0 aliphatic rings. The molecule has 6 heteroatoms. The molecule has 0 spiro atoms. The van der Waals surface area contributed by atoms with E-state index in [-0.39, 0.29) is 0 Å². The minimum Gasteiger partial charge on any atom is -0.478 e. The maximum absolute atomic E-state index is 12.6. The van der Waals surface area contributed by atoms with Gasteiger partial charge >= 0.3 is 12.1 Å². The lowest BCUT2D eigenvalue weighted by atomic mass is 9.97. The molecule has 0 saturated heterocycles. The Morgan fingerprint density at radius 1 is 1.05 bits per heavy atom. The number of aromatic carboxylic acids is 1. The number of alkyl halides is 3. The van der Waals surface area contributed by atoms with Crippen LogP contribution in [0.15, 0.2) is 18.2 Å². The highest BCUT2D eigenvalue weighted by Gasteiger charge is 2.41. The second-order valence-corrected chi connectivity index (χ2v) is 5.18. The van der Waals surface area contributed by atoms with E-state index in [9.17, 15) is 22.8 Å². The highest BCUT2D eigenvalue weighted by Crippen LogP contribution is 2.25. The van der Waals surface area contributed by atoms with Crippen molar-refractivity contribution >= 4 is 11.8 Å². The van der Waals surface area contributed by atoms with Crippen molar-refractivity contribution in [3.63, 3.8) is 0 Å². The molecular weight excluding hydrogens is 297 g/mol. The predicted molar refractivity (Wildman–Crippen MR) is 76.2 cm³/mol. The molecule has 1 aromatic rings. The van der Waals surface area contributed by atoms with Crippen molar-refractivity contribution in [3.05, 3.63) is 34.9 Å². The fraction of sp³-hybridized carbons (Fsp3) is 0.500. The van der Waals surface area contributed by atoms with Gasteiger partial charge in [0, 0.05) is 5.56 Å². The number of rotatable bonds is 8. The first-order chi connectivity index (χ1) is 10.3. The summed E-state index contributed by atoms with van der Waals surface area (Å²) < 4.78 is 37.7. The summed E-state index contributed by atoms with van der Waals surface area (Å²) in [6, 6.07) is 3.60. The lowest BCUT2D eigenvalue weighted by Crippen LogP contribution is -2.25. The highest BCUT2D eigenvalue weighted by molar-refractivity contribution is 6.08. The summed E-state index contributed by atoms with van der Waals surface area (Å²) in [4.78, 5) is 22.3. The first-order valence-corrected chi connectivity index (χ1v) is 7.25. The molecule has 3 nitrogen and oxygen atoms in total. The number of ketones is 1. The number of hydrogen-bond acceptors (Lipinski definition) is 2. The number of aryl methyl sites for hydroxylation is 1. The van der Waals surface area contributed by atoms with Crippen LogP contribution >= 0.6 is 0 Å². The van der Waals surface area contributed by atoms with Crippen molar-refractivity contribution in [1.82, 2.24) is 0 Å². The number of hydrogen-bond donors (Lipinski definition) is 1. The van der Waals surface area contributed by atoms with Crippen LogP contribution in [0, 0.1) is 0 Å². The standard InChI is InChI=1S/C16H19F3O3/c1-2-3-4-5-6-7-11-8-9-12(15(21)22)13(10-11)14(20)16(17,18)19/h8-10H,2-7H2,1H3,(H,21,22). The molecule has 0 amide bonds. The third kappa shape index (κ3) is 5.16. The van der Waals surface area contributed by atoms with Gasteiger partial charge in [-0.3, -0.25) is 4.79 Å². The summed E-state index contributed by atoms with van der Waals surface area (Å²) in [5.74, 6) is -3.65. The zero-order valence-electron chi connectivity index (χ0n) is 12.4. The highest BCUT2D eigenvalue weighted by atomic mass is 19.4. The molecule has 0 aromatic heterocycles. The van der Waals surface area contributed by atoms with Crippen LogP contribution in [0.3, 0.4) is 0 Å². The monoisotopic (exact) mass is 316 g/mol. The van der Waals surface area contributed by atoms with E-state index in [0.717, 1.165) is 44.2 Å². The SMILES string of the molecule is CCCCCCCc1ccc(C(=O)O)c(C(=O)C(F)(F)F)c1. The van der Waals surface area contributed by atoms with Gasteiger partial charge in [-0.25, -0.2) is 4.79 Å². The molecule has 0 bridgehead atoms. The van der Waals surface area contributed by atoms with Crippen molar-refractivity contribution in [1.29, 1.82) is 0 Å². The molecule has 1 N–H and O–H groups in total. The van der Waals surface area contributed by atoms with Gasteiger partial charge in [-0.15, -0.1) is 0 Å². The Hall–Kier alpha value is -1.85. The van der Waals surface area contributed by atoms with Gasteiger partial charge in [-0.05, 0) is 30.5 Å². The van der Waals surface area contributed by atoms with E-state index >= 15 is 0 Å². The van der Waals surface area contributed by atoms with E-state index in [1.165, 1.54) is 6.07 Å². The van der Waals surface area contributed by atoms with Gasteiger partial charge in [0.15, 0.2) is 0 Å². The number of unbranched alkanes of at least 4 members (excludes halogenated alkanes) is 4. The molecule has 0 unspecified atom stereocenters. The summed E-state index contributed by atoms with van der Waals surface area (Å²) in [5, 5.41) is 8.92. The molecule has 122 valence electrons. The number of Topliss-reactive ketones (excluding diaryl/α,β-unsaturated/α-hetero) is 1. The largest absolute Gasteiger partial charge is 0.478 e. The van der Waals surface area contributed by atoms with Crippen LogP contribution in [0.1, 0.15) is 65.3 Å². The molecule has 1 rings (SSSR count). The Kier molecular flexibility index (Phi) is 6.59. The van der Waals surface area contributed by atoms with Crippen molar-refractivity contribution in [2.24, 2.45) is 0 Å². The number of carbonyl (C=O) groups excluding carboxylic acids is 1. The molecule has 1 aromatic carbocycles. The quantitative estimate of drug-likeness (QED) is 0.561. The van der Waals surface area contributed by atoms with E-state index in [1.807, 2.05) is 0 Å². The fourth-order valence-corrected chi connectivity index (χ4v) is 2.21. The zero-order valence-corrected chi connectivity index (χ0v) is 12.4. The average molecular weight is 316 g/mol. The maximum Gasteiger partial charge on any atom is 0.454 e. The lowest BCUT2D eigenvalue weighted by molar-refractivity contribution is -0.0885. The van der Waals surface area contributed by atoms with Gasteiger partial charge in [0.2, 0.25) is 0 Å².